The second-order valence-electron chi connectivity index (χ2n) is 7.07. The van der Waals surface area contributed by atoms with Crippen molar-refractivity contribution in [3.63, 3.8) is 0 Å². The lowest BCUT2D eigenvalue weighted by Gasteiger charge is -2.40. The Bertz CT molecular complexity index is 491. The Morgan fingerprint density at radius 2 is 1.48 bits per heavy atom. The summed E-state index contributed by atoms with van der Waals surface area (Å²) >= 11 is 0. The summed E-state index contributed by atoms with van der Waals surface area (Å²) in [6, 6.07) is 0. The van der Waals surface area contributed by atoms with Crippen molar-refractivity contribution in [1.29, 1.82) is 0 Å². The Morgan fingerprint density at radius 3 is 1.81 bits per heavy atom. The van der Waals surface area contributed by atoms with Crippen LogP contribution in [0.2, 0.25) is 0 Å². The summed E-state index contributed by atoms with van der Waals surface area (Å²) in [5.74, 6) is -1.34. The first kappa shape index (κ1) is 26.9. The lowest BCUT2D eigenvalue weighted by molar-refractivity contribution is -0.133. The molecule has 7 nitrogen and oxygen atoms in total. The molecular weight excluding hydrogens is 350 g/mol. The Kier molecular flexibility index (Phi) is 12.9. The quantitative estimate of drug-likeness (QED) is 0.700. The summed E-state index contributed by atoms with van der Waals surface area (Å²) in [4.78, 5) is 32.9. The molecule has 0 aromatic rings. The number of nitrogens with zero attached hydrogens (tertiary/aromatic N) is 1. The third-order valence-electron chi connectivity index (χ3n) is 4.39. The molecule has 1 rings (SSSR count). The summed E-state index contributed by atoms with van der Waals surface area (Å²) in [7, 11) is 0. The lowest BCUT2D eigenvalue weighted by Crippen LogP contribution is -2.51. The van der Waals surface area contributed by atoms with Gasteiger partial charge in [-0.15, -0.1) is 0 Å². The number of ether oxygens (including phenoxy) is 1. The maximum absolute atomic E-state index is 11.8. The molecule has 0 saturated carbocycles. The van der Waals surface area contributed by atoms with Crippen LogP contribution < -0.4 is 0 Å². The van der Waals surface area contributed by atoms with Crippen LogP contribution in [0.15, 0.2) is 24.3 Å². The first-order valence-electron chi connectivity index (χ1n) is 9.00. The molecule has 0 radical (unpaired) electrons. The zero-order valence-electron chi connectivity index (χ0n) is 17.5. The molecule has 1 heterocycles. The fourth-order valence-electron chi connectivity index (χ4n) is 2.16. The molecule has 1 saturated heterocycles. The van der Waals surface area contributed by atoms with E-state index in [2.05, 4.69) is 33.9 Å². The van der Waals surface area contributed by atoms with Gasteiger partial charge in [0.15, 0.2) is 0 Å². The van der Waals surface area contributed by atoms with Gasteiger partial charge in [-0.05, 0) is 53.4 Å². The average Bonchev–Trinajstić information content (AvgIpc) is 2.67. The van der Waals surface area contributed by atoms with E-state index in [0.717, 1.165) is 13.0 Å². The molecule has 2 N–H and O–H groups in total. The van der Waals surface area contributed by atoms with Gasteiger partial charge in [0.25, 0.3) is 0 Å². The highest BCUT2D eigenvalue weighted by Crippen LogP contribution is 2.32. The Morgan fingerprint density at radius 1 is 1.07 bits per heavy atom. The number of aliphatic carboxylic acids is 2. The molecular formula is C20H35NO6. The van der Waals surface area contributed by atoms with Crippen molar-refractivity contribution >= 4 is 18.0 Å². The third-order valence-corrected chi connectivity index (χ3v) is 4.39. The summed E-state index contributed by atoms with van der Waals surface area (Å²) in [6.45, 7) is 18.8. The van der Waals surface area contributed by atoms with Crippen LogP contribution in [0, 0.1) is 5.92 Å². The molecule has 0 aromatic carbocycles. The number of carboxylic acid groups (broad SMARTS) is 2. The predicted molar refractivity (Wildman–Crippen MR) is 106 cm³/mol. The van der Waals surface area contributed by atoms with Crippen LogP contribution in [0.4, 0.5) is 4.79 Å². The topological polar surface area (TPSA) is 104 Å². The number of carboxylic acids is 2. The Balaban J connectivity index is 0. The first-order chi connectivity index (χ1) is 12.3. The maximum Gasteiger partial charge on any atom is 0.410 e. The van der Waals surface area contributed by atoms with E-state index < -0.39 is 11.9 Å². The molecule has 0 spiro atoms. The number of carbonyl (C=O) groups excluding carboxylic acids is 1. The van der Waals surface area contributed by atoms with E-state index >= 15 is 0 Å². The smallest absolute Gasteiger partial charge is 0.410 e. The van der Waals surface area contributed by atoms with Crippen molar-refractivity contribution in [1.82, 2.24) is 4.90 Å². The number of hydrogen-bond acceptors (Lipinski definition) is 4. The normalized spacial score (nSPS) is 17.7. The molecule has 1 unspecified atom stereocenters. The molecule has 7 heteroatoms. The minimum absolute atomic E-state index is 0.0806. The number of carbonyl (C=O) groups is 3. The first-order valence-corrected chi connectivity index (χ1v) is 9.00. The molecule has 156 valence electrons. The van der Waals surface area contributed by atoms with Gasteiger partial charge in [-0.3, -0.25) is 0 Å². The second kappa shape index (κ2) is 12.9. The monoisotopic (exact) mass is 385 g/mol. The SMILES string of the molecule is C=C(C)C(=O)O.C=C(C)C(=O)O.CCOC(=O)N1CCCCC(C)C1(C)C. The second-order valence-corrected chi connectivity index (χ2v) is 7.07. The highest BCUT2D eigenvalue weighted by Gasteiger charge is 2.37. The fourth-order valence-corrected chi connectivity index (χ4v) is 2.16. The van der Waals surface area contributed by atoms with Gasteiger partial charge in [-0.1, -0.05) is 26.5 Å². The van der Waals surface area contributed by atoms with E-state index in [0.29, 0.717) is 12.5 Å². The van der Waals surface area contributed by atoms with Gasteiger partial charge in [-0.25, -0.2) is 14.4 Å². The van der Waals surface area contributed by atoms with Crippen molar-refractivity contribution in [2.45, 2.75) is 66.3 Å². The van der Waals surface area contributed by atoms with Gasteiger partial charge >= 0.3 is 18.0 Å². The van der Waals surface area contributed by atoms with Crippen LogP contribution in [-0.2, 0) is 14.3 Å². The average molecular weight is 386 g/mol. The largest absolute Gasteiger partial charge is 0.478 e. The third kappa shape index (κ3) is 11.1. The van der Waals surface area contributed by atoms with E-state index in [4.69, 9.17) is 14.9 Å². The number of rotatable bonds is 3. The van der Waals surface area contributed by atoms with Crippen LogP contribution in [0.1, 0.15) is 60.8 Å². The molecule has 1 atom stereocenters. The van der Waals surface area contributed by atoms with E-state index in [1.54, 1.807) is 0 Å². The van der Waals surface area contributed by atoms with Crippen molar-refractivity contribution < 1.29 is 29.3 Å². The molecule has 0 aliphatic carbocycles. The Labute approximate surface area is 162 Å². The summed E-state index contributed by atoms with van der Waals surface area (Å²) in [5, 5.41) is 15.8. The van der Waals surface area contributed by atoms with E-state index in [1.165, 1.54) is 26.7 Å². The van der Waals surface area contributed by atoms with Gasteiger partial charge in [0.05, 0.1) is 6.61 Å². The van der Waals surface area contributed by atoms with Crippen LogP contribution in [0.3, 0.4) is 0 Å². The highest BCUT2D eigenvalue weighted by molar-refractivity contribution is 5.85. The lowest BCUT2D eigenvalue weighted by atomic mass is 9.85. The highest BCUT2D eigenvalue weighted by atomic mass is 16.6. The molecule has 1 fully saturated rings. The van der Waals surface area contributed by atoms with E-state index in [-0.39, 0.29) is 22.8 Å². The number of hydrogen-bond donors (Lipinski definition) is 2. The van der Waals surface area contributed by atoms with Crippen LogP contribution in [-0.4, -0.2) is 51.8 Å². The molecule has 0 aromatic heterocycles. The van der Waals surface area contributed by atoms with Gasteiger partial charge in [-0.2, -0.15) is 0 Å². The van der Waals surface area contributed by atoms with Crippen molar-refractivity contribution in [2.24, 2.45) is 5.92 Å². The van der Waals surface area contributed by atoms with Gasteiger partial charge in [0.1, 0.15) is 0 Å². The molecule has 1 aliphatic rings. The fraction of sp³-hybridized carbons (Fsp3) is 0.650. The molecule has 27 heavy (non-hydrogen) atoms. The van der Waals surface area contributed by atoms with Crippen molar-refractivity contribution in [2.75, 3.05) is 13.2 Å². The maximum atomic E-state index is 11.8. The predicted octanol–water partition coefficient (Wildman–Crippen LogP) is 4.34. The van der Waals surface area contributed by atoms with E-state index in [9.17, 15) is 14.4 Å². The zero-order valence-corrected chi connectivity index (χ0v) is 17.5. The minimum Gasteiger partial charge on any atom is -0.478 e. The molecule has 1 aliphatic heterocycles. The number of likely N-dealkylation sites (tertiary alicyclic amines) is 1. The molecule has 0 bridgehead atoms. The van der Waals surface area contributed by atoms with Gasteiger partial charge in [0, 0.05) is 23.2 Å². The summed E-state index contributed by atoms with van der Waals surface area (Å²) in [5.41, 5.74) is 0.271. The molecule has 1 amide bonds. The summed E-state index contributed by atoms with van der Waals surface area (Å²) < 4.78 is 5.11. The van der Waals surface area contributed by atoms with Crippen molar-refractivity contribution in [3.05, 3.63) is 24.3 Å². The van der Waals surface area contributed by atoms with Crippen molar-refractivity contribution in [3.8, 4) is 0 Å². The Hall–Kier alpha value is -2.31. The van der Waals surface area contributed by atoms with Gasteiger partial charge in [0.2, 0.25) is 0 Å². The standard InChI is InChI=1S/C12H23NO2.2C4H6O2/c1-5-15-11(14)13-9-7-6-8-10(2)12(13,3)4;2*1-3(2)4(5)6/h10H,5-9H2,1-4H3;2*1H2,2H3,(H,5,6). The van der Waals surface area contributed by atoms with Gasteiger partial charge < -0.3 is 19.8 Å². The van der Waals surface area contributed by atoms with E-state index in [1.807, 2.05) is 11.8 Å². The number of amides is 1. The van der Waals surface area contributed by atoms with Crippen LogP contribution in [0.5, 0.6) is 0 Å². The van der Waals surface area contributed by atoms with Crippen LogP contribution >= 0.6 is 0 Å². The zero-order chi connectivity index (χ0) is 21.8. The summed E-state index contributed by atoms with van der Waals surface area (Å²) in [6.07, 6.45) is 3.34. The minimum atomic E-state index is -0.935. The van der Waals surface area contributed by atoms with Crippen LogP contribution in [0.25, 0.3) is 0 Å².